The minimum Gasteiger partial charge on any atom is -0.229 e. The predicted octanol–water partition coefficient (Wildman–Crippen LogP) is 1.50. The summed E-state index contributed by atoms with van der Waals surface area (Å²) in [5.74, 6) is -0.181. The summed E-state index contributed by atoms with van der Waals surface area (Å²) >= 11 is 5.93. The number of hydrogen-bond donors (Lipinski definition) is 1. The van der Waals surface area contributed by atoms with E-state index >= 15 is 0 Å². The molecule has 0 spiro atoms. The number of halogens is 1. The van der Waals surface area contributed by atoms with Gasteiger partial charge in [0.15, 0.2) is 9.84 Å². The van der Waals surface area contributed by atoms with E-state index in [0.29, 0.717) is 10.6 Å². The third-order valence-electron chi connectivity index (χ3n) is 3.39. The number of sulfone groups is 1. The summed E-state index contributed by atoms with van der Waals surface area (Å²) in [4.78, 5) is 0.0792. The highest BCUT2D eigenvalue weighted by Gasteiger charge is 2.41. The van der Waals surface area contributed by atoms with Gasteiger partial charge in [-0.3, -0.25) is 0 Å². The van der Waals surface area contributed by atoms with E-state index in [9.17, 15) is 16.8 Å². The molecule has 0 bridgehead atoms. The molecule has 5 nitrogen and oxygen atoms in total. The molecular formula is C12H16ClNO4S2. The van der Waals surface area contributed by atoms with Gasteiger partial charge in [-0.1, -0.05) is 17.7 Å². The van der Waals surface area contributed by atoms with Crippen LogP contribution in [0.5, 0.6) is 0 Å². The van der Waals surface area contributed by atoms with Gasteiger partial charge < -0.3 is 0 Å². The predicted molar refractivity (Wildman–Crippen MR) is 78.2 cm³/mol. The maximum Gasteiger partial charge on any atom is 0.241 e. The lowest BCUT2D eigenvalue weighted by Gasteiger charge is -2.24. The number of nitrogens with one attached hydrogen (secondary N) is 1. The van der Waals surface area contributed by atoms with Crippen molar-refractivity contribution in [1.29, 1.82) is 0 Å². The average Bonchev–Trinajstić information content (AvgIpc) is 2.55. The lowest BCUT2D eigenvalue weighted by molar-refractivity contribution is 0.461. The third-order valence-corrected chi connectivity index (χ3v) is 7.49. The summed E-state index contributed by atoms with van der Waals surface area (Å²) in [6, 6.07) is 4.62. The Balaban J connectivity index is 2.36. The van der Waals surface area contributed by atoms with E-state index in [1.54, 1.807) is 26.0 Å². The van der Waals surface area contributed by atoms with Gasteiger partial charge in [0.2, 0.25) is 10.0 Å². The number of hydrogen-bond acceptors (Lipinski definition) is 4. The van der Waals surface area contributed by atoms with Crippen molar-refractivity contribution in [3.63, 3.8) is 0 Å². The largest absolute Gasteiger partial charge is 0.241 e. The van der Waals surface area contributed by atoms with Gasteiger partial charge in [0.05, 0.1) is 16.4 Å². The number of sulfonamides is 1. The van der Waals surface area contributed by atoms with Crippen molar-refractivity contribution in [2.45, 2.75) is 30.7 Å². The zero-order valence-electron chi connectivity index (χ0n) is 11.2. The molecule has 1 unspecified atom stereocenters. The van der Waals surface area contributed by atoms with E-state index in [2.05, 4.69) is 4.72 Å². The molecule has 1 aromatic carbocycles. The fourth-order valence-electron chi connectivity index (χ4n) is 2.35. The first kappa shape index (κ1) is 15.8. The molecule has 1 aliphatic heterocycles. The monoisotopic (exact) mass is 337 g/mol. The molecule has 1 N–H and O–H groups in total. The lowest BCUT2D eigenvalue weighted by atomic mass is 10.0. The van der Waals surface area contributed by atoms with Crippen LogP contribution in [0.1, 0.15) is 18.9 Å². The topological polar surface area (TPSA) is 80.3 Å². The molecule has 1 saturated heterocycles. The van der Waals surface area contributed by atoms with Gasteiger partial charge in [0.25, 0.3) is 0 Å². The average molecular weight is 338 g/mol. The second-order valence-electron chi connectivity index (χ2n) is 5.37. The lowest BCUT2D eigenvalue weighted by Crippen LogP contribution is -2.46. The Labute approximate surface area is 124 Å². The zero-order valence-corrected chi connectivity index (χ0v) is 13.6. The van der Waals surface area contributed by atoms with Crippen molar-refractivity contribution < 1.29 is 16.8 Å². The molecule has 1 atom stereocenters. The van der Waals surface area contributed by atoms with Gasteiger partial charge in [0, 0.05) is 10.6 Å². The molecular weight excluding hydrogens is 322 g/mol. The van der Waals surface area contributed by atoms with Crippen LogP contribution in [0.15, 0.2) is 23.1 Å². The molecule has 1 heterocycles. The van der Waals surface area contributed by atoms with Crippen molar-refractivity contribution in [1.82, 2.24) is 4.72 Å². The van der Waals surface area contributed by atoms with Crippen LogP contribution in [0.4, 0.5) is 0 Å². The minimum atomic E-state index is -3.80. The van der Waals surface area contributed by atoms with Crippen molar-refractivity contribution in [2.24, 2.45) is 0 Å². The first-order valence-electron chi connectivity index (χ1n) is 6.04. The maximum absolute atomic E-state index is 12.4. The standard InChI is InChI=1S/C12H16ClNO4S2/c1-9-10(13)4-3-5-11(9)20(17,18)14-12(2)6-7-19(15,16)8-12/h3-5,14H,6-8H2,1-2H3. The molecule has 2 rings (SSSR count). The molecule has 1 fully saturated rings. The Morgan fingerprint density at radius 2 is 2.00 bits per heavy atom. The number of benzene rings is 1. The Morgan fingerprint density at radius 3 is 2.55 bits per heavy atom. The highest BCUT2D eigenvalue weighted by Crippen LogP contribution is 2.28. The molecule has 20 heavy (non-hydrogen) atoms. The van der Waals surface area contributed by atoms with Crippen LogP contribution in [-0.4, -0.2) is 33.9 Å². The Bertz CT molecular complexity index is 743. The quantitative estimate of drug-likeness (QED) is 0.906. The molecule has 8 heteroatoms. The van der Waals surface area contributed by atoms with Crippen molar-refractivity contribution in [2.75, 3.05) is 11.5 Å². The van der Waals surface area contributed by atoms with Gasteiger partial charge in [-0.2, -0.15) is 0 Å². The van der Waals surface area contributed by atoms with E-state index in [1.165, 1.54) is 6.07 Å². The van der Waals surface area contributed by atoms with Crippen LogP contribution in [0, 0.1) is 6.92 Å². The first-order chi connectivity index (χ1) is 9.05. The van der Waals surface area contributed by atoms with Gasteiger partial charge in [-0.05, 0) is 38.0 Å². The van der Waals surface area contributed by atoms with Crippen molar-refractivity contribution >= 4 is 31.5 Å². The van der Waals surface area contributed by atoms with Crippen LogP contribution in [0.25, 0.3) is 0 Å². The van der Waals surface area contributed by atoms with Crippen LogP contribution in [0.3, 0.4) is 0 Å². The SMILES string of the molecule is Cc1c(Cl)cccc1S(=O)(=O)NC1(C)CCS(=O)(=O)C1. The number of rotatable bonds is 3. The van der Waals surface area contributed by atoms with Gasteiger partial charge in [0.1, 0.15) is 0 Å². The fourth-order valence-corrected chi connectivity index (χ4v) is 6.47. The third kappa shape index (κ3) is 3.16. The van der Waals surface area contributed by atoms with Crippen LogP contribution >= 0.6 is 11.6 Å². The second-order valence-corrected chi connectivity index (χ2v) is 9.61. The van der Waals surface area contributed by atoms with Crippen molar-refractivity contribution in [3.05, 3.63) is 28.8 Å². The van der Waals surface area contributed by atoms with Crippen LogP contribution in [-0.2, 0) is 19.9 Å². The second kappa shape index (κ2) is 4.98. The van der Waals surface area contributed by atoms with Gasteiger partial charge in [-0.25, -0.2) is 21.6 Å². The molecule has 0 aromatic heterocycles. The van der Waals surface area contributed by atoms with Gasteiger partial charge >= 0.3 is 0 Å². The van der Waals surface area contributed by atoms with Crippen molar-refractivity contribution in [3.8, 4) is 0 Å². The van der Waals surface area contributed by atoms with E-state index < -0.39 is 25.4 Å². The summed E-state index contributed by atoms with van der Waals surface area (Å²) in [6.07, 6.45) is 0.272. The summed E-state index contributed by atoms with van der Waals surface area (Å²) < 4.78 is 50.4. The Kier molecular flexibility index (Phi) is 3.92. The van der Waals surface area contributed by atoms with Gasteiger partial charge in [-0.15, -0.1) is 0 Å². The Morgan fingerprint density at radius 1 is 1.35 bits per heavy atom. The molecule has 0 saturated carbocycles. The maximum atomic E-state index is 12.4. The smallest absolute Gasteiger partial charge is 0.229 e. The molecule has 0 radical (unpaired) electrons. The fraction of sp³-hybridized carbons (Fsp3) is 0.500. The first-order valence-corrected chi connectivity index (χ1v) is 9.72. The van der Waals surface area contributed by atoms with E-state index in [0.717, 1.165) is 0 Å². The molecule has 1 aliphatic rings. The molecule has 1 aromatic rings. The molecule has 0 amide bonds. The highest BCUT2D eigenvalue weighted by atomic mass is 35.5. The zero-order chi connectivity index (χ0) is 15.2. The Hall–Kier alpha value is -0.630. The summed E-state index contributed by atoms with van der Waals surface area (Å²) in [6.45, 7) is 3.22. The van der Waals surface area contributed by atoms with E-state index in [4.69, 9.17) is 11.6 Å². The summed E-state index contributed by atoms with van der Waals surface area (Å²) in [5, 5.41) is 0.358. The highest BCUT2D eigenvalue weighted by molar-refractivity contribution is 7.92. The molecule has 112 valence electrons. The van der Waals surface area contributed by atoms with E-state index in [-0.39, 0.29) is 22.8 Å². The normalized spacial score (nSPS) is 25.8. The minimum absolute atomic E-state index is 0.000544. The molecule has 0 aliphatic carbocycles. The van der Waals surface area contributed by atoms with Crippen LogP contribution < -0.4 is 4.72 Å². The van der Waals surface area contributed by atoms with E-state index in [1.807, 2.05) is 0 Å². The summed E-state index contributed by atoms with van der Waals surface area (Å²) in [7, 11) is -6.98. The van der Waals surface area contributed by atoms with Crippen LogP contribution in [0.2, 0.25) is 5.02 Å². The summed E-state index contributed by atoms with van der Waals surface area (Å²) in [5.41, 5.74) is -0.516.